The Morgan fingerprint density at radius 3 is 2.41 bits per heavy atom. The number of hydrogen-bond donors (Lipinski definition) is 2. The minimum absolute atomic E-state index is 0.179. The fourth-order valence-corrected chi connectivity index (χ4v) is 2.17. The normalized spacial score (nSPS) is 10.2. The van der Waals surface area contributed by atoms with Crippen molar-refractivity contribution in [1.82, 2.24) is 10.2 Å². The van der Waals surface area contributed by atoms with Crippen LogP contribution >= 0.6 is 34.5 Å². The van der Waals surface area contributed by atoms with Crippen molar-refractivity contribution in [3.05, 3.63) is 33.3 Å². The van der Waals surface area contributed by atoms with E-state index >= 15 is 0 Å². The van der Waals surface area contributed by atoms with Crippen molar-refractivity contribution < 1.29 is 4.79 Å². The molecule has 0 saturated carbocycles. The lowest BCUT2D eigenvalue weighted by atomic mass is 10.3. The number of carbonyl (C=O) groups is 1. The molecule has 0 aliphatic carbocycles. The lowest BCUT2D eigenvalue weighted by Crippen LogP contribution is -2.11. The zero-order valence-corrected chi connectivity index (χ0v) is 10.6. The Labute approximate surface area is 111 Å². The van der Waals surface area contributed by atoms with Crippen LogP contribution in [-0.4, -0.2) is 16.1 Å². The SMILES string of the molecule is Nc1nnc(C(=O)Nc2cc(Cl)cc(Cl)c2)s1. The fraction of sp³-hybridized carbons (Fsp3) is 0. The molecule has 88 valence electrons. The van der Waals surface area contributed by atoms with Gasteiger partial charge in [-0.05, 0) is 18.2 Å². The third-order valence-corrected chi connectivity index (χ3v) is 2.94. The molecule has 5 nitrogen and oxygen atoms in total. The summed E-state index contributed by atoms with van der Waals surface area (Å²) in [5.74, 6) is -0.405. The topological polar surface area (TPSA) is 80.9 Å². The number of aromatic nitrogens is 2. The predicted octanol–water partition coefficient (Wildman–Crippen LogP) is 2.68. The van der Waals surface area contributed by atoms with Crippen molar-refractivity contribution in [1.29, 1.82) is 0 Å². The molecule has 0 radical (unpaired) electrons. The molecule has 0 aliphatic rings. The average molecular weight is 289 g/mol. The molecule has 0 bridgehead atoms. The smallest absolute Gasteiger partial charge is 0.286 e. The number of anilines is 2. The van der Waals surface area contributed by atoms with Gasteiger partial charge >= 0.3 is 0 Å². The number of nitrogens with zero attached hydrogens (tertiary/aromatic N) is 2. The molecular weight excluding hydrogens is 283 g/mol. The summed E-state index contributed by atoms with van der Waals surface area (Å²) in [6.45, 7) is 0. The van der Waals surface area contributed by atoms with Gasteiger partial charge in [0.1, 0.15) is 0 Å². The first-order chi connectivity index (χ1) is 8.04. The molecule has 0 atom stereocenters. The molecule has 2 aromatic rings. The van der Waals surface area contributed by atoms with Crippen molar-refractivity contribution in [2.45, 2.75) is 0 Å². The van der Waals surface area contributed by atoms with Gasteiger partial charge in [0.05, 0.1) is 0 Å². The van der Waals surface area contributed by atoms with Gasteiger partial charge in [0, 0.05) is 15.7 Å². The van der Waals surface area contributed by atoms with Gasteiger partial charge in [-0.2, -0.15) is 0 Å². The van der Waals surface area contributed by atoms with Gasteiger partial charge in [0.2, 0.25) is 10.1 Å². The van der Waals surface area contributed by atoms with E-state index in [2.05, 4.69) is 15.5 Å². The highest BCUT2D eigenvalue weighted by Crippen LogP contribution is 2.23. The second-order valence-corrected chi connectivity index (χ2v) is 4.94. The molecule has 0 saturated heterocycles. The van der Waals surface area contributed by atoms with Crippen molar-refractivity contribution in [2.24, 2.45) is 0 Å². The van der Waals surface area contributed by atoms with Gasteiger partial charge in [-0.3, -0.25) is 4.79 Å². The Morgan fingerprint density at radius 2 is 1.88 bits per heavy atom. The second kappa shape index (κ2) is 4.87. The van der Waals surface area contributed by atoms with Gasteiger partial charge in [0.15, 0.2) is 0 Å². The standard InChI is InChI=1S/C9H6Cl2N4OS/c10-4-1-5(11)3-6(2-4)13-7(16)8-14-15-9(12)17-8/h1-3H,(H2,12,15)(H,13,16). The molecule has 0 unspecified atom stereocenters. The zero-order valence-electron chi connectivity index (χ0n) is 8.28. The Morgan fingerprint density at radius 1 is 1.24 bits per heavy atom. The van der Waals surface area contributed by atoms with E-state index in [0.717, 1.165) is 11.3 Å². The molecule has 8 heteroatoms. The van der Waals surface area contributed by atoms with Crippen LogP contribution in [0.5, 0.6) is 0 Å². The molecule has 3 N–H and O–H groups in total. The van der Waals surface area contributed by atoms with E-state index < -0.39 is 5.91 Å². The third-order valence-electron chi connectivity index (χ3n) is 1.76. The van der Waals surface area contributed by atoms with E-state index in [1.54, 1.807) is 18.2 Å². The maximum atomic E-state index is 11.7. The summed E-state index contributed by atoms with van der Waals surface area (Å²) in [6.07, 6.45) is 0. The summed E-state index contributed by atoms with van der Waals surface area (Å²) >= 11 is 12.6. The monoisotopic (exact) mass is 288 g/mol. The van der Waals surface area contributed by atoms with Crippen LogP contribution in [-0.2, 0) is 0 Å². The summed E-state index contributed by atoms with van der Waals surface area (Å²) in [4.78, 5) is 11.7. The highest BCUT2D eigenvalue weighted by atomic mass is 35.5. The van der Waals surface area contributed by atoms with Crippen LogP contribution in [0.15, 0.2) is 18.2 Å². The van der Waals surface area contributed by atoms with E-state index in [-0.39, 0.29) is 10.1 Å². The molecule has 1 amide bonds. The van der Waals surface area contributed by atoms with E-state index in [1.807, 2.05) is 0 Å². The summed E-state index contributed by atoms with van der Waals surface area (Å²) in [7, 11) is 0. The predicted molar refractivity (Wildman–Crippen MR) is 68.7 cm³/mol. The number of nitrogens with two attached hydrogens (primary N) is 1. The maximum absolute atomic E-state index is 11.7. The molecule has 17 heavy (non-hydrogen) atoms. The largest absolute Gasteiger partial charge is 0.374 e. The summed E-state index contributed by atoms with van der Waals surface area (Å²) in [5.41, 5.74) is 5.87. The number of rotatable bonds is 2. The van der Waals surface area contributed by atoms with Gasteiger partial charge in [0.25, 0.3) is 5.91 Å². The molecule has 0 aliphatic heterocycles. The first-order valence-corrected chi connectivity index (χ1v) is 5.98. The minimum Gasteiger partial charge on any atom is -0.374 e. The van der Waals surface area contributed by atoms with E-state index in [1.165, 1.54) is 0 Å². The van der Waals surface area contributed by atoms with E-state index in [9.17, 15) is 4.79 Å². The highest BCUT2D eigenvalue weighted by Gasteiger charge is 2.12. The Hall–Kier alpha value is -1.37. The number of benzene rings is 1. The lowest BCUT2D eigenvalue weighted by Gasteiger charge is -2.03. The zero-order chi connectivity index (χ0) is 12.4. The Bertz CT molecular complexity index is 552. The average Bonchev–Trinajstić information content (AvgIpc) is 2.63. The summed E-state index contributed by atoms with van der Waals surface area (Å²) in [5, 5.41) is 11.1. The van der Waals surface area contributed by atoms with E-state index in [0.29, 0.717) is 15.7 Å². The highest BCUT2D eigenvalue weighted by molar-refractivity contribution is 7.16. The van der Waals surface area contributed by atoms with Crippen molar-refractivity contribution in [3.63, 3.8) is 0 Å². The molecular formula is C9H6Cl2N4OS. The maximum Gasteiger partial charge on any atom is 0.286 e. The number of amides is 1. The van der Waals surface area contributed by atoms with Crippen molar-refractivity contribution in [2.75, 3.05) is 11.1 Å². The molecule has 1 heterocycles. The lowest BCUT2D eigenvalue weighted by molar-refractivity contribution is 0.102. The first-order valence-electron chi connectivity index (χ1n) is 4.41. The number of carbonyl (C=O) groups excluding carboxylic acids is 1. The molecule has 2 rings (SSSR count). The summed E-state index contributed by atoms with van der Waals surface area (Å²) < 4.78 is 0. The first kappa shape index (κ1) is 12.1. The summed E-state index contributed by atoms with van der Waals surface area (Å²) in [6, 6.07) is 4.73. The van der Waals surface area contributed by atoms with Crippen LogP contribution in [0.1, 0.15) is 9.80 Å². The van der Waals surface area contributed by atoms with Gasteiger partial charge in [-0.1, -0.05) is 34.5 Å². The van der Waals surface area contributed by atoms with Crippen LogP contribution in [0.2, 0.25) is 10.0 Å². The second-order valence-electron chi connectivity index (χ2n) is 3.06. The van der Waals surface area contributed by atoms with Gasteiger partial charge in [-0.25, -0.2) is 0 Å². The fourth-order valence-electron chi connectivity index (χ4n) is 1.14. The molecule has 0 spiro atoms. The van der Waals surface area contributed by atoms with Crippen LogP contribution < -0.4 is 11.1 Å². The Balaban J connectivity index is 2.18. The number of nitrogens with one attached hydrogen (secondary N) is 1. The van der Waals surface area contributed by atoms with E-state index in [4.69, 9.17) is 28.9 Å². The van der Waals surface area contributed by atoms with Crippen LogP contribution in [0, 0.1) is 0 Å². The van der Waals surface area contributed by atoms with Crippen molar-refractivity contribution >= 4 is 51.3 Å². The van der Waals surface area contributed by atoms with Crippen LogP contribution in [0.4, 0.5) is 10.8 Å². The number of hydrogen-bond acceptors (Lipinski definition) is 5. The van der Waals surface area contributed by atoms with Crippen LogP contribution in [0.25, 0.3) is 0 Å². The van der Waals surface area contributed by atoms with Gasteiger partial charge < -0.3 is 11.1 Å². The minimum atomic E-state index is -0.405. The van der Waals surface area contributed by atoms with Crippen LogP contribution in [0.3, 0.4) is 0 Å². The molecule has 1 aromatic carbocycles. The third kappa shape index (κ3) is 3.06. The Kier molecular flexibility index (Phi) is 3.46. The quantitative estimate of drug-likeness (QED) is 0.890. The van der Waals surface area contributed by atoms with Crippen molar-refractivity contribution in [3.8, 4) is 0 Å². The number of nitrogen functional groups attached to an aromatic ring is 1. The molecule has 1 aromatic heterocycles. The molecule has 0 fully saturated rings. The number of halogens is 2. The van der Waals surface area contributed by atoms with Gasteiger partial charge in [-0.15, -0.1) is 10.2 Å².